The van der Waals surface area contributed by atoms with E-state index in [2.05, 4.69) is 64.3 Å². The van der Waals surface area contributed by atoms with Crippen LogP contribution in [0.4, 0.5) is 0 Å². The molecule has 0 saturated carbocycles. The number of halogens is 1. The van der Waals surface area contributed by atoms with Crippen LogP contribution in [0.2, 0.25) is 0 Å². The van der Waals surface area contributed by atoms with Crippen LogP contribution in [-0.4, -0.2) is 24.9 Å². The SMILES string of the molecule is CCC(=NOC)C1=C(c2ccc(I)cc2)CC2CCC1N2. The molecule has 1 N–H and O–H groups in total. The van der Waals surface area contributed by atoms with Crippen molar-refractivity contribution in [2.45, 2.75) is 44.7 Å². The quantitative estimate of drug-likeness (QED) is 0.475. The summed E-state index contributed by atoms with van der Waals surface area (Å²) in [4.78, 5) is 5.08. The average Bonchev–Trinajstić information content (AvgIpc) is 2.88. The maximum atomic E-state index is 5.08. The smallest absolute Gasteiger partial charge is 0.106 e. The van der Waals surface area contributed by atoms with Gasteiger partial charge >= 0.3 is 0 Å². The Kier molecular flexibility index (Phi) is 4.64. The third-order valence-electron chi connectivity index (χ3n) is 4.40. The summed E-state index contributed by atoms with van der Waals surface area (Å²) in [7, 11) is 1.63. The van der Waals surface area contributed by atoms with Gasteiger partial charge in [-0.2, -0.15) is 0 Å². The van der Waals surface area contributed by atoms with Gasteiger partial charge in [0.1, 0.15) is 7.11 Å². The van der Waals surface area contributed by atoms with E-state index < -0.39 is 0 Å². The fraction of sp³-hybridized carbons (Fsp3) is 0.471. The molecular weight excluding hydrogens is 375 g/mol. The van der Waals surface area contributed by atoms with E-state index in [1.54, 1.807) is 7.11 Å². The summed E-state index contributed by atoms with van der Waals surface area (Å²) in [5.41, 5.74) is 5.24. The molecule has 21 heavy (non-hydrogen) atoms. The fourth-order valence-electron chi connectivity index (χ4n) is 3.49. The van der Waals surface area contributed by atoms with Gasteiger partial charge in [0.05, 0.1) is 5.71 Å². The highest BCUT2D eigenvalue weighted by Crippen LogP contribution is 2.38. The first-order valence-corrected chi connectivity index (χ1v) is 8.66. The molecule has 1 aromatic rings. The molecule has 3 rings (SSSR count). The highest BCUT2D eigenvalue weighted by Gasteiger charge is 2.36. The van der Waals surface area contributed by atoms with Gasteiger partial charge < -0.3 is 10.2 Å². The molecular formula is C17H21IN2O. The van der Waals surface area contributed by atoms with Crippen molar-refractivity contribution >= 4 is 33.9 Å². The Morgan fingerprint density at radius 1 is 1.33 bits per heavy atom. The monoisotopic (exact) mass is 396 g/mol. The number of fused-ring (bicyclic) bond motifs is 2. The third-order valence-corrected chi connectivity index (χ3v) is 5.12. The predicted octanol–water partition coefficient (Wildman–Crippen LogP) is 3.98. The number of hydrogen-bond donors (Lipinski definition) is 1. The fourth-order valence-corrected chi connectivity index (χ4v) is 3.85. The van der Waals surface area contributed by atoms with Crippen molar-refractivity contribution in [1.82, 2.24) is 5.32 Å². The first kappa shape index (κ1) is 15.0. The number of oxime groups is 1. The topological polar surface area (TPSA) is 33.6 Å². The average molecular weight is 396 g/mol. The minimum atomic E-state index is 0.437. The maximum Gasteiger partial charge on any atom is 0.106 e. The number of nitrogens with zero attached hydrogens (tertiary/aromatic N) is 1. The van der Waals surface area contributed by atoms with Crippen LogP contribution in [0.5, 0.6) is 0 Å². The van der Waals surface area contributed by atoms with E-state index in [9.17, 15) is 0 Å². The summed E-state index contributed by atoms with van der Waals surface area (Å²) in [6.45, 7) is 2.15. The summed E-state index contributed by atoms with van der Waals surface area (Å²) in [5, 5.41) is 8.02. The lowest BCUT2D eigenvalue weighted by Crippen LogP contribution is -2.38. The molecule has 0 radical (unpaired) electrons. The van der Waals surface area contributed by atoms with Crippen LogP contribution in [0, 0.1) is 3.57 Å². The van der Waals surface area contributed by atoms with Gasteiger partial charge in [0.15, 0.2) is 0 Å². The molecule has 1 aromatic carbocycles. The Labute approximate surface area is 140 Å². The summed E-state index contributed by atoms with van der Waals surface area (Å²) < 4.78 is 1.27. The molecule has 0 aromatic heterocycles. The molecule has 3 nitrogen and oxygen atoms in total. The Bertz CT molecular complexity index is 577. The van der Waals surface area contributed by atoms with Gasteiger partial charge in [-0.1, -0.05) is 24.2 Å². The molecule has 2 bridgehead atoms. The maximum absolute atomic E-state index is 5.08. The summed E-state index contributed by atoms with van der Waals surface area (Å²) in [6.07, 6.45) is 4.46. The van der Waals surface area contributed by atoms with Crippen LogP contribution in [-0.2, 0) is 4.84 Å². The van der Waals surface area contributed by atoms with Gasteiger partial charge in [-0.15, -0.1) is 0 Å². The second-order valence-electron chi connectivity index (χ2n) is 5.67. The molecule has 1 fully saturated rings. The van der Waals surface area contributed by atoms with E-state index in [0.29, 0.717) is 12.1 Å². The lowest BCUT2D eigenvalue weighted by Gasteiger charge is -2.28. The van der Waals surface area contributed by atoms with Crippen LogP contribution in [0.25, 0.3) is 5.57 Å². The van der Waals surface area contributed by atoms with Crippen molar-refractivity contribution in [3.05, 3.63) is 39.0 Å². The first-order chi connectivity index (χ1) is 10.2. The minimum absolute atomic E-state index is 0.437. The van der Waals surface area contributed by atoms with Crippen LogP contribution >= 0.6 is 22.6 Å². The van der Waals surface area contributed by atoms with E-state index >= 15 is 0 Å². The van der Waals surface area contributed by atoms with Crippen molar-refractivity contribution in [2.75, 3.05) is 7.11 Å². The Morgan fingerprint density at radius 2 is 2.10 bits per heavy atom. The highest BCUT2D eigenvalue weighted by molar-refractivity contribution is 14.1. The molecule has 4 heteroatoms. The molecule has 0 spiro atoms. The Balaban J connectivity index is 2.09. The normalized spacial score (nSPS) is 25.4. The number of hydrogen-bond acceptors (Lipinski definition) is 3. The second-order valence-corrected chi connectivity index (χ2v) is 6.92. The lowest BCUT2D eigenvalue weighted by molar-refractivity contribution is 0.212. The van der Waals surface area contributed by atoms with Crippen LogP contribution in [0.15, 0.2) is 35.0 Å². The summed E-state index contributed by atoms with van der Waals surface area (Å²) in [5.74, 6) is 0. The molecule has 2 aliphatic rings. The zero-order chi connectivity index (χ0) is 14.8. The molecule has 1 saturated heterocycles. The predicted molar refractivity (Wildman–Crippen MR) is 95.4 cm³/mol. The van der Waals surface area contributed by atoms with Crippen molar-refractivity contribution in [1.29, 1.82) is 0 Å². The number of rotatable bonds is 4. The molecule has 0 aliphatic carbocycles. The van der Waals surface area contributed by atoms with Gasteiger partial charge in [0, 0.05) is 15.7 Å². The van der Waals surface area contributed by atoms with Crippen LogP contribution in [0.1, 0.15) is 38.2 Å². The zero-order valence-corrected chi connectivity index (χ0v) is 14.7. The van der Waals surface area contributed by atoms with Gasteiger partial charge in [-0.25, -0.2) is 0 Å². The molecule has 0 amide bonds. The van der Waals surface area contributed by atoms with Gasteiger partial charge in [-0.05, 0) is 77.1 Å². The Morgan fingerprint density at radius 3 is 2.76 bits per heavy atom. The molecule has 112 valence electrons. The number of benzene rings is 1. The lowest BCUT2D eigenvalue weighted by atomic mass is 9.86. The van der Waals surface area contributed by atoms with Crippen molar-refractivity contribution in [3.8, 4) is 0 Å². The van der Waals surface area contributed by atoms with Crippen LogP contribution < -0.4 is 5.32 Å². The highest BCUT2D eigenvalue weighted by atomic mass is 127. The van der Waals surface area contributed by atoms with Gasteiger partial charge in [-0.3, -0.25) is 0 Å². The molecule has 2 heterocycles. The standard InChI is InChI=1S/C17H21IN2O/c1-3-15(20-21-2)17-14(10-13-8-9-16(17)19-13)11-4-6-12(18)7-5-11/h4-7,13,16,19H,3,8-10H2,1-2H3. The third kappa shape index (κ3) is 3.01. The molecule has 2 aliphatic heterocycles. The van der Waals surface area contributed by atoms with Crippen molar-refractivity contribution in [3.63, 3.8) is 0 Å². The van der Waals surface area contributed by atoms with E-state index in [4.69, 9.17) is 4.84 Å². The molecule has 2 atom stereocenters. The van der Waals surface area contributed by atoms with E-state index in [-0.39, 0.29) is 0 Å². The van der Waals surface area contributed by atoms with E-state index in [1.807, 2.05) is 0 Å². The van der Waals surface area contributed by atoms with Gasteiger partial charge in [0.2, 0.25) is 0 Å². The second kappa shape index (κ2) is 6.48. The zero-order valence-electron chi connectivity index (χ0n) is 12.5. The van der Waals surface area contributed by atoms with E-state index in [1.165, 1.54) is 33.1 Å². The first-order valence-electron chi connectivity index (χ1n) is 7.58. The van der Waals surface area contributed by atoms with Crippen molar-refractivity contribution < 1.29 is 4.84 Å². The summed E-state index contributed by atoms with van der Waals surface area (Å²) >= 11 is 2.36. The van der Waals surface area contributed by atoms with Crippen molar-refractivity contribution in [2.24, 2.45) is 5.16 Å². The van der Waals surface area contributed by atoms with E-state index in [0.717, 1.165) is 18.6 Å². The summed E-state index contributed by atoms with van der Waals surface area (Å²) in [6, 6.07) is 9.90. The minimum Gasteiger partial charge on any atom is -0.399 e. The largest absolute Gasteiger partial charge is 0.399 e. The Hall–Kier alpha value is -0.880. The molecule has 2 unspecified atom stereocenters. The van der Waals surface area contributed by atoms with Gasteiger partial charge in [0.25, 0.3) is 0 Å². The van der Waals surface area contributed by atoms with Crippen LogP contribution in [0.3, 0.4) is 0 Å². The number of nitrogens with one attached hydrogen (secondary N) is 1.